The molecule has 698 valence electrons. The summed E-state index contributed by atoms with van der Waals surface area (Å²) in [5.74, 6) is -16.9. The lowest BCUT2D eigenvalue weighted by atomic mass is 9.84. The van der Waals surface area contributed by atoms with Crippen LogP contribution in [0.1, 0.15) is 143 Å². The molecule has 2 fully saturated rings. The maximum Gasteiger partial charge on any atom is 0.330 e. The molecule has 37 nitrogen and oxygen atoms in total. The molecule has 39 heteroatoms. The highest BCUT2D eigenvalue weighted by molar-refractivity contribution is 6.32. The van der Waals surface area contributed by atoms with Crippen LogP contribution in [0.25, 0.3) is 44.5 Å². The van der Waals surface area contributed by atoms with Gasteiger partial charge in [0, 0.05) is 82.2 Å². The number of carboxylic acids is 1. The molecule has 0 spiro atoms. The number of aromatic hydroxyl groups is 3. The third-order valence-corrected chi connectivity index (χ3v) is 24.8. The van der Waals surface area contributed by atoms with E-state index in [2.05, 4.69) is 46.7 Å². The van der Waals surface area contributed by atoms with Gasteiger partial charge in [0.15, 0.2) is 29.9 Å². The fourth-order valence-corrected chi connectivity index (χ4v) is 17.8. The Labute approximate surface area is 764 Å². The standard InChI is InChI=1S/C93H101Cl2N11O26/c1-9-105(10-2)46-20-22-51-63(33-46)129-64-34-47(106(11-3)12-4)21-23-52(64)70(51)49-15-13-14-16-50(49)84(117)104-93(8)38-69(126-41(7)83(93)116)131-82-80(115)79(114)67(39-107)130-92(82)132-81-65-31-45-32-66(81)128-62-26-19-44(30-56(62)95)78(113)76-90(123)101-74(91(124)125)54-35-48(108)36-60(110)71(54)53-28-42(17-24-59(53)109)72(87(120)103-76)100-88(121)73(45)99-86(119)58(37-68(97)111)98-89(122)75(102-85(118)57(96)27-40(5)6)77(112)43-18-25-61(127-65)55(94)29-43/h13-26,28-36,40-41,57-58,67,69,72-80,82-83,92,104,107,112-116H,9-12,27,37-39,96H2,1-8H3,(H11,97,98,99,100,101,102,103,108,110,111,117,118,119,120,121,122,123,124,125)/p+1/t41-,57+,58-,67+,69-,72+,73+,74-,75+,76-,77+,78+,79+,80-,82+,83+,92-,93-/m0/s1. The largest absolute Gasteiger partial charge is 0.508 e. The number of benzene rings is 8. The Kier molecular flexibility index (Phi) is 28.4. The van der Waals surface area contributed by atoms with Crippen molar-refractivity contribution >= 4 is 93.1 Å². The molecule has 0 radical (unpaired) electrons. The van der Waals surface area contributed by atoms with Gasteiger partial charge in [0.25, 0.3) is 5.91 Å². The number of primary amides is 1. The lowest BCUT2D eigenvalue weighted by Crippen LogP contribution is -2.66. The van der Waals surface area contributed by atoms with Gasteiger partial charge in [-0.15, -0.1) is 0 Å². The van der Waals surface area contributed by atoms with Crippen molar-refractivity contribution in [1.29, 1.82) is 0 Å². The molecule has 7 aromatic carbocycles. The summed E-state index contributed by atoms with van der Waals surface area (Å²) in [7, 11) is 0. The summed E-state index contributed by atoms with van der Waals surface area (Å²) in [6.07, 6.45) is -20.5. The molecule has 18 atom stereocenters. The number of anilines is 1. The molecule has 11 bridgehead atoms. The zero-order valence-electron chi connectivity index (χ0n) is 72.6. The van der Waals surface area contributed by atoms with Gasteiger partial charge in [-0.2, -0.15) is 0 Å². The van der Waals surface area contributed by atoms with Crippen molar-refractivity contribution in [2.24, 2.45) is 17.4 Å². The van der Waals surface area contributed by atoms with Gasteiger partial charge >= 0.3 is 5.97 Å². The van der Waals surface area contributed by atoms with Gasteiger partial charge in [-0.25, -0.2) is 9.37 Å². The number of nitrogens with two attached hydrogens (primary N) is 2. The number of ether oxygens (including phenoxy) is 6. The van der Waals surface area contributed by atoms with Crippen LogP contribution in [0.5, 0.6) is 46.0 Å². The molecule has 21 N–H and O–H groups in total. The number of carbonyl (C=O) groups excluding carboxylic acids is 8. The molecule has 16 rings (SSSR count). The third kappa shape index (κ3) is 19.5. The van der Waals surface area contributed by atoms with Crippen LogP contribution < -0.4 is 77.7 Å². The molecule has 1 aliphatic carbocycles. The summed E-state index contributed by atoms with van der Waals surface area (Å²) >= 11 is 14.4. The van der Waals surface area contributed by atoms with Crippen molar-refractivity contribution in [3.63, 3.8) is 0 Å². The van der Waals surface area contributed by atoms with E-state index in [0.717, 1.165) is 77.8 Å². The van der Waals surface area contributed by atoms with Crippen molar-refractivity contribution < 1.29 is 127 Å². The number of rotatable bonds is 20. The Bertz CT molecular complexity index is 6050. The van der Waals surface area contributed by atoms with Crippen LogP contribution in [0.3, 0.4) is 0 Å². The maximum atomic E-state index is 16.3. The van der Waals surface area contributed by atoms with Crippen LogP contribution in [-0.2, 0) is 52.6 Å². The van der Waals surface area contributed by atoms with E-state index >= 15 is 24.0 Å². The summed E-state index contributed by atoms with van der Waals surface area (Å²) < 4.78 is 48.9. The number of aliphatic carboxylic acids is 1. The SMILES string of the molecule is CCN(CC)c1ccc2c(-c3ccccc3C(=O)N[C@@]3(C)C[C@H](O[C@H]4[C@H](Oc5c6cc7cc5Oc5ccc(cc5Cl)[C@@H](O)[C@@H](NC(=O)[C@H](N)CC(C)C)C(=O)N[C@@H](CC(N)=O)C(=O)N[C@H]7C(=O)N[C@H]5C(=O)N[C@H](C(=O)N[C@H](C(=O)O)c7cc(O)cc(O)c7-c7cc5ccc7O)[C@H](O)c5ccc(c(Cl)c5)O6)O[C@H](CO)[C@@H](O)[C@@H]4O)O[C@@H](C)[C@H]3O)c3ccc(=[N+](CC)CC)cc-3oc2c1. The Balaban J connectivity index is 0.920. The minimum Gasteiger partial charge on any atom is -0.508 e. The highest BCUT2D eigenvalue weighted by atomic mass is 35.5. The van der Waals surface area contributed by atoms with Crippen molar-refractivity contribution in [1.82, 2.24) is 41.8 Å². The van der Waals surface area contributed by atoms with Crippen LogP contribution in [0.2, 0.25) is 10.0 Å². The van der Waals surface area contributed by atoms with Crippen LogP contribution in [0.15, 0.2) is 144 Å². The van der Waals surface area contributed by atoms with Gasteiger partial charge in [-0.1, -0.05) is 73.4 Å². The first kappa shape index (κ1) is 95.3. The first-order chi connectivity index (χ1) is 62.8. The zero-order valence-corrected chi connectivity index (χ0v) is 74.1. The summed E-state index contributed by atoms with van der Waals surface area (Å²) in [5.41, 5.74) is 10.8. The van der Waals surface area contributed by atoms with E-state index in [1.54, 1.807) is 45.0 Å². The number of aliphatic hydroxyl groups is 6. The van der Waals surface area contributed by atoms with E-state index in [-0.39, 0.29) is 34.6 Å². The van der Waals surface area contributed by atoms with Gasteiger partial charge in [-0.05, 0) is 161 Å². The molecular weight excluding hydrogens is 1760 g/mol. The number of nitrogens with zero attached hydrogens (tertiary/aromatic N) is 2. The van der Waals surface area contributed by atoms with Crippen molar-refractivity contribution in [2.75, 3.05) is 37.7 Å². The molecule has 0 saturated carbocycles. The molecule has 8 aliphatic heterocycles. The molecular formula is C93H102Cl2N11O26+. The van der Waals surface area contributed by atoms with Crippen LogP contribution in [0.4, 0.5) is 5.69 Å². The Morgan fingerprint density at radius 3 is 1.94 bits per heavy atom. The highest BCUT2D eigenvalue weighted by Crippen LogP contribution is 2.51. The molecule has 8 heterocycles. The number of carboxylic acid groups (broad SMARTS) is 1. The molecule has 0 aromatic heterocycles. The van der Waals surface area contributed by atoms with Gasteiger partial charge in [0.05, 0.1) is 46.8 Å². The van der Waals surface area contributed by atoms with Gasteiger partial charge in [0.1, 0.15) is 120 Å². The van der Waals surface area contributed by atoms with Crippen LogP contribution >= 0.6 is 23.2 Å². The van der Waals surface area contributed by atoms with E-state index in [1.807, 2.05) is 64.1 Å². The Hall–Kier alpha value is -12.8. The Morgan fingerprint density at radius 1 is 0.659 bits per heavy atom. The zero-order chi connectivity index (χ0) is 95.1. The van der Waals surface area contributed by atoms with E-state index < -0.39 is 260 Å². The second-order valence-corrected chi connectivity index (χ2v) is 34.4. The van der Waals surface area contributed by atoms with Crippen molar-refractivity contribution in [2.45, 2.75) is 184 Å². The van der Waals surface area contributed by atoms with Crippen molar-refractivity contribution in [3.8, 4) is 79.6 Å². The number of nitrogens with one attached hydrogen (secondary N) is 7. The molecule has 0 unspecified atom stereocenters. The number of aliphatic hydroxyl groups excluding tert-OH is 6. The number of halogens is 2. The normalized spacial score (nSPS) is 25.2. The fraction of sp³-hybridized carbons (Fsp3) is 0.376. The van der Waals surface area contributed by atoms with Crippen molar-refractivity contribution in [3.05, 3.63) is 188 Å². The average molecular weight is 1860 g/mol. The molecule has 8 amide bonds. The molecule has 9 aliphatic rings. The maximum absolute atomic E-state index is 16.3. The predicted molar refractivity (Wildman–Crippen MR) is 476 cm³/mol. The third-order valence-electron chi connectivity index (χ3n) is 24.2. The summed E-state index contributed by atoms with van der Waals surface area (Å²) in [6.45, 7) is 16.5. The monoisotopic (exact) mass is 1860 g/mol. The number of phenols is 3. The molecule has 132 heavy (non-hydrogen) atoms. The minimum absolute atomic E-state index is 0.0519. The highest BCUT2D eigenvalue weighted by Gasteiger charge is 2.53. The summed E-state index contributed by atoms with van der Waals surface area (Å²) in [4.78, 5) is 136. The van der Waals surface area contributed by atoms with E-state index in [4.69, 9.17) is 67.5 Å². The van der Waals surface area contributed by atoms with E-state index in [9.17, 15) is 70.2 Å². The predicted octanol–water partition coefficient (Wildman–Crippen LogP) is 5.49. The number of hydrogen-bond donors (Lipinski definition) is 19. The lowest BCUT2D eigenvalue weighted by Gasteiger charge is -2.48. The van der Waals surface area contributed by atoms with E-state index in [1.165, 1.54) is 19.1 Å². The average Bonchev–Trinajstić information content (AvgIpc) is 0.745. The second-order valence-electron chi connectivity index (χ2n) is 33.6. The number of amides is 8. The fourth-order valence-electron chi connectivity index (χ4n) is 17.3. The lowest BCUT2D eigenvalue weighted by molar-refractivity contribution is -0.334. The Morgan fingerprint density at radius 2 is 1.30 bits per heavy atom. The molecule has 7 aromatic rings. The number of carbonyl (C=O) groups is 9. The summed E-state index contributed by atoms with van der Waals surface area (Å²) in [6, 6.07) is 17.2. The minimum atomic E-state index is -2.41. The topological polar surface area (TPSA) is 567 Å². The smallest absolute Gasteiger partial charge is 0.330 e. The van der Waals surface area contributed by atoms with Gasteiger partial charge in [0.2, 0.25) is 58.7 Å². The van der Waals surface area contributed by atoms with Crippen LogP contribution in [0, 0.1) is 5.92 Å². The number of fused-ring (bicyclic) bond motifs is 17. The first-order valence-corrected chi connectivity index (χ1v) is 43.6. The van der Waals surface area contributed by atoms with E-state index in [0.29, 0.717) is 59.6 Å². The number of phenolic OH excluding ortho intramolecular Hbond substituents is 3. The quantitative estimate of drug-likeness (QED) is 0.0331. The molecule has 2 saturated heterocycles. The van der Waals surface area contributed by atoms with Gasteiger partial charge < -0.3 is 137 Å². The van der Waals surface area contributed by atoms with Gasteiger partial charge in [-0.3, -0.25) is 38.4 Å². The first-order valence-electron chi connectivity index (χ1n) is 42.8. The number of hydrogen-bond acceptors (Lipinski definition) is 27. The second kappa shape index (κ2) is 39.3. The van der Waals surface area contributed by atoms with Crippen LogP contribution in [-0.4, -0.2) is 216 Å². The summed E-state index contributed by atoms with van der Waals surface area (Å²) in [5, 5.41) is 136.